The van der Waals surface area contributed by atoms with Crippen LogP contribution in [0.2, 0.25) is 0 Å². The lowest BCUT2D eigenvalue weighted by Gasteiger charge is -2.38. The Labute approximate surface area is 240 Å². The SMILES string of the molecule is CC(C)C1=C([C@H](O)CC/C(=C/c2cccc(O)c2)c2ccccn2)[C@H](CO)[C@@H]2C(=O)N(c3ccccc3)C(=O)[C@@H]2C1. The molecule has 0 radical (unpaired) electrons. The highest BCUT2D eigenvalue weighted by molar-refractivity contribution is 6.22. The topological polar surface area (TPSA) is 111 Å². The van der Waals surface area contributed by atoms with Gasteiger partial charge in [-0.15, -0.1) is 0 Å². The van der Waals surface area contributed by atoms with Gasteiger partial charge in [0.1, 0.15) is 5.75 Å². The molecule has 1 aliphatic heterocycles. The summed E-state index contributed by atoms with van der Waals surface area (Å²) < 4.78 is 0. The van der Waals surface area contributed by atoms with Crippen molar-refractivity contribution in [1.82, 2.24) is 4.98 Å². The van der Waals surface area contributed by atoms with Gasteiger partial charge in [-0.1, -0.05) is 55.8 Å². The molecule has 212 valence electrons. The lowest BCUT2D eigenvalue weighted by molar-refractivity contribution is -0.123. The summed E-state index contributed by atoms with van der Waals surface area (Å²) in [6, 6.07) is 21.5. The van der Waals surface area contributed by atoms with E-state index in [4.69, 9.17) is 0 Å². The van der Waals surface area contributed by atoms with Gasteiger partial charge in [-0.05, 0) is 84.4 Å². The van der Waals surface area contributed by atoms with Crippen LogP contribution < -0.4 is 4.90 Å². The molecule has 0 saturated carbocycles. The zero-order valence-electron chi connectivity index (χ0n) is 23.4. The molecule has 1 aromatic heterocycles. The number of anilines is 1. The number of nitrogens with zero attached hydrogens (tertiary/aromatic N) is 2. The van der Waals surface area contributed by atoms with Crippen LogP contribution in [0.1, 0.15) is 44.4 Å². The second-order valence-corrected chi connectivity index (χ2v) is 11.1. The Morgan fingerprint density at radius 3 is 2.44 bits per heavy atom. The maximum atomic E-state index is 13.7. The monoisotopic (exact) mass is 552 g/mol. The van der Waals surface area contributed by atoms with Crippen LogP contribution in [0.15, 0.2) is 90.1 Å². The van der Waals surface area contributed by atoms with Crippen molar-refractivity contribution in [2.75, 3.05) is 11.5 Å². The molecule has 2 heterocycles. The molecule has 1 fully saturated rings. The van der Waals surface area contributed by atoms with E-state index in [9.17, 15) is 24.9 Å². The number of aromatic nitrogens is 1. The Balaban J connectivity index is 1.46. The van der Waals surface area contributed by atoms with E-state index in [-0.39, 0.29) is 30.1 Å². The smallest absolute Gasteiger partial charge is 0.238 e. The molecule has 2 aromatic carbocycles. The minimum atomic E-state index is -0.921. The van der Waals surface area contributed by atoms with Gasteiger partial charge >= 0.3 is 0 Å². The minimum absolute atomic E-state index is 0.0291. The van der Waals surface area contributed by atoms with E-state index in [2.05, 4.69) is 4.98 Å². The molecule has 5 rings (SSSR count). The molecule has 7 heteroatoms. The molecule has 2 amide bonds. The van der Waals surface area contributed by atoms with Gasteiger partial charge in [0.15, 0.2) is 0 Å². The number of rotatable bonds is 9. The molecular formula is C34H36N2O5. The molecule has 3 N–H and O–H groups in total. The third-order valence-electron chi connectivity index (χ3n) is 8.28. The third-order valence-corrected chi connectivity index (χ3v) is 8.28. The van der Waals surface area contributed by atoms with Crippen molar-refractivity contribution in [3.63, 3.8) is 0 Å². The molecule has 2 aliphatic rings. The minimum Gasteiger partial charge on any atom is -0.508 e. The maximum Gasteiger partial charge on any atom is 0.238 e. The lowest BCUT2D eigenvalue weighted by atomic mass is 9.66. The van der Waals surface area contributed by atoms with Crippen LogP contribution in [-0.4, -0.2) is 44.8 Å². The van der Waals surface area contributed by atoms with E-state index in [1.165, 1.54) is 4.90 Å². The zero-order chi connectivity index (χ0) is 29.1. The predicted molar refractivity (Wildman–Crippen MR) is 158 cm³/mol. The van der Waals surface area contributed by atoms with Crippen LogP contribution in [0.3, 0.4) is 0 Å². The maximum absolute atomic E-state index is 13.7. The molecule has 0 bridgehead atoms. The molecule has 3 aromatic rings. The summed E-state index contributed by atoms with van der Waals surface area (Å²) in [6.45, 7) is 3.71. The molecule has 1 saturated heterocycles. The molecule has 7 nitrogen and oxygen atoms in total. The van der Waals surface area contributed by atoms with Crippen molar-refractivity contribution >= 4 is 29.2 Å². The third kappa shape index (κ3) is 5.73. The number of aliphatic hydroxyl groups is 2. The first-order valence-corrected chi connectivity index (χ1v) is 14.2. The molecular weight excluding hydrogens is 516 g/mol. The molecule has 0 spiro atoms. The molecule has 4 atom stereocenters. The van der Waals surface area contributed by atoms with Crippen LogP contribution in [0, 0.1) is 23.7 Å². The number of amides is 2. The Kier molecular flexibility index (Phi) is 8.47. The first-order chi connectivity index (χ1) is 19.8. The number of hydrogen-bond acceptors (Lipinski definition) is 6. The van der Waals surface area contributed by atoms with Crippen molar-refractivity contribution < 1.29 is 24.9 Å². The summed E-state index contributed by atoms with van der Waals surface area (Å²) in [4.78, 5) is 33.0. The zero-order valence-corrected chi connectivity index (χ0v) is 23.4. The first-order valence-electron chi connectivity index (χ1n) is 14.2. The highest BCUT2D eigenvalue weighted by Gasteiger charge is 2.55. The fraction of sp³-hybridized carbons (Fsp3) is 0.324. The first kappa shape index (κ1) is 28.5. The van der Waals surface area contributed by atoms with E-state index in [0.717, 1.165) is 22.4 Å². The van der Waals surface area contributed by atoms with Gasteiger partial charge in [0.05, 0.1) is 35.9 Å². The normalized spacial score (nSPS) is 21.9. The predicted octanol–water partition coefficient (Wildman–Crippen LogP) is 5.24. The van der Waals surface area contributed by atoms with Gasteiger partial charge in [0.25, 0.3) is 0 Å². The molecule has 0 unspecified atom stereocenters. The van der Waals surface area contributed by atoms with Gasteiger partial charge in [-0.25, -0.2) is 0 Å². The van der Waals surface area contributed by atoms with Crippen molar-refractivity contribution in [3.8, 4) is 5.75 Å². The number of hydrogen-bond donors (Lipinski definition) is 3. The number of imide groups is 1. The lowest BCUT2D eigenvalue weighted by Crippen LogP contribution is -2.39. The quantitative estimate of drug-likeness (QED) is 0.247. The number of aliphatic hydroxyl groups excluding tert-OH is 2. The number of carbonyl (C=O) groups excluding carboxylic acids is 2. The average molecular weight is 553 g/mol. The number of benzene rings is 2. The van der Waals surface area contributed by atoms with Crippen molar-refractivity contribution in [2.24, 2.45) is 23.7 Å². The van der Waals surface area contributed by atoms with Crippen LogP contribution in [-0.2, 0) is 9.59 Å². The van der Waals surface area contributed by atoms with Crippen LogP contribution in [0.5, 0.6) is 5.75 Å². The van der Waals surface area contributed by atoms with Crippen molar-refractivity contribution in [1.29, 1.82) is 0 Å². The van der Waals surface area contributed by atoms with Crippen LogP contribution in [0.4, 0.5) is 5.69 Å². The van der Waals surface area contributed by atoms with Gasteiger partial charge in [0.2, 0.25) is 11.8 Å². The van der Waals surface area contributed by atoms with Gasteiger partial charge in [-0.3, -0.25) is 19.5 Å². The number of allylic oxidation sites excluding steroid dienone is 2. The summed E-state index contributed by atoms with van der Waals surface area (Å²) >= 11 is 0. The summed E-state index contributed by atoms with van der Waals surface area (Å²) in [5, 5.41) is 32.3. The number of pyridine rings is 1. The number of carbonyl (C=O) groups is 2. The van der Waals surface area contributed by atoms with E-state index in [1.54, 1.807) is 48.7 Å². The standard InChI is InChI=1S/C34H36N2O5/c1-21(2)26-19-27-32(34(41)36(33(27)40)24-10-4-3-5-11-24)28(20-37)31(26)30(39)15-14-23(29-13-6-7-16-35-29)17-22-9-8-12-25(38)18-22/h3-13,16-18,21,27-28,30,32,37-39H,14-15,19-20H2,1-2H3/b23-17-/t27-,28+,30-,32-/m1/s1. The average Bonchev–Trinajstić information content (AvgIpc) is 3.23. The Hall–Kier alpha value is -4.07. The Bertz CT molecular complexity index is 1460. The van der Waals surface area contributed by atoms with Crippen LogP contribution >= 0.6 is 0 Å². The van der Waals surface area contributed by atoms with E-state index in [1.807, 2.05) is 50.3 Å². The molecule has 1 aliphatic carbocycles. The summed E-state index contributed by atoms with van der Waals surface area (Å²) in [5.74, 6) is -2.32. The Morgan fingerprint density at radius 2 is 1.78 bits per heavy atom. The largest absolute Gasteiger partial charge is 0.508 e. The summed E-state index contributed by atoms with van der Waals surface area (Å²) in [6.07, 6.45) is 3.93. The number of phenols is 1. The summed E-state index contributed by atoms with van der Waals surface area (Å²) in [5.41, 5.74) is 4.60. The fourth-order valence-corrected chi connectivity index (χ4v) is 6.37. The van der Waals surface area contributed by atoms with E-state index >= 15 is 0 Å². The number of phenolic OH excluding ortho intramolecular Hbond substituents is 1. The fourth-order valence-electron chi connectivity index (χ4n) is 6.37. The number of para-hydroxylation sites is 1. The van der Waals surface area contributed by atoms with Gasteiger partial charge in [0, 0.05) is 12.1 Å². The van der Waals surface area contributed by atoms with E-state index < -0.39 is 23.9 Å². The van der Waals surface area contributed by atoms with Gasteiger partial charge in [-0.2, -0.15) is 0 Å². The highest BCUT2D eigenvalue weighted by Crippen LogP contribution is 2.48. The van der Waals surface area contributed by atoms with Crippen molar-refractivity contribution in [3.05, 3.63) is 101 Å². The van der Waals surface area contributed by atoms with E-state index in [0.29, 0.717) is 30.5 Å². The molecule has 41 heavy (non-hydrogen) atoms. The van der Waals surface area contributed by atoms with Crippen LogP contribution in [0.25, 0.3) is 11.6 Å². The Morgan fingerprint density at radius 1 is 1.02 bits per heavy atom. The van der Waals surface area contributed by atoms with Gasteiger partial charge < -0.3 is 15.3 Å². The van der Waals surface area contributed by atoms with Crippen molar-refractivity contribution in [2.45, 2.75) is 39.2 Å². The number of fused-ring (bicyclic) bond motifs is 1. The second-order valence-electron chi connectivity index (χ2n) is 11.1. The second kappa shape index (κ2) is 12.2. The summed E-state index contributed by atoms with van der Waals surface area (Å²) in [7, 11) is 0. The highest BCUT2D eigenvalue weighted by atomic mass is 16.3. The number of aromatic hydroxyl groups is 1.